The Labute approximate surface area is 205 Å². The van der Waals surface area contributed by atoms with E-state index < -0.39 is 0 Å². The molecule has 0 bridgehead atoms. The standard InChI is InChI=1S/C28H29NO6/c1-31-23-16-20(11-12-21-17-24(32-2)28(35-5)25(18-21)33-3)15-22(27(23)34-4)29-26(30)14-13-19-9-7-6-8-10-19/h6-18H,1-5H3,(H,29,30)/b12-11?,14-13+. The van der Waals surface area contributed by atoms with Crippen LogP contribution < -0.4 is 29.0 Å². The van der Waals surface area contributed by atoms with Gasteiger partial charge in [0.25, 0.3) is 0 Å². The lowest BCUT2D eigenvalue weighted by atomic mass is 10.1. The summed E-state index contributed by atoms with van der Waals surface area (Å²) >= 11 is 0. The maximum atomic E-state index is 12.6. The molecule has 3 aromatic rings. The van der Waals surface area contributed by atoms with Crippen LogP contribution in [0.5, 0.6) is 28.7 Å². The average Bonchev–Trinajstić information content (AvgIpc) is 2.90. The maximum Gasteiger partial charge on any atom is 0.248 e. The fourth-order valence-electron chi connectivity index (χ4n) is 3.48. The second kappa shape index (κ2) is 12.2. The van der Waals surface area contributed by atoms with Crippen LogP contribution in [0.25, 0.3) is 18.2 Å². The molecule has 3 aromatic carbocycles. The molecule has 7 nitrogen and oxygen atoms in total. The van der Waals surface area contributed by atoms with Gasteiger partial charge in [0.05, 0.1) is 41.2 Å². The Hall–Kier alpha value is -4.39. The summed E-state index contributed by atoms with van der Waals surface area (Å²) in [6.07, 6.45) is 7.00. The number of carbonyl (C=O) groups excluding carboxylic acids is 1. The molecule has 0 aromatic heterocycles. The summed E-state index contributed by atoms with van der Waals surface area (Å²) in [5.41, 5.74) is 3.04. The Morgan fingerprint density at radius 3 is 1.66 bits per heavy atom. The van der Waals surface area contributed by atoms with Gasteiger partial charge >= 0.3 is 0 Å². The van der Waals surface area contributed by atoms with Crippen molar-refractivity contribution >= 4 is 29.8 Å². The Kier molecular flexibility index (Phi) is 8.78. The number of hydrogen-bond acceptors (Lipinski definition) is 6. The number of nitrogens with one attached hydrogen (secondary N) is 1. The highest BCUT2D eigenvalue weighted by Gasteiger charge is 2.14. The molecule has 0 atom stereocenters. The van der Waals surface area contributed by atoms with Gasteiger partial charge in [-0.1, -0.05) is 42.5 Å². The highest BCUT2D eigenvalue weighted by atomic mass is 16.5. The maximum absolute atomic E-state index is 12.6. The monoisotopic (exact) mass is 475 g/mol. The van der Waals surface area contributed by atoms with Gasteiger partial charge in [0.1, 0.15) is 0 Å². The average molecular weight is 476 g/mol. The molecule has 0 aliphatic carbocycles. The minimum absolute atomic E-state index is 0.292. The van der Waals surface area contributed by atoms with Crippen molar-refractivity contribution in [3.8, 4) is 28.7 Å². The first-order chi connectivity index (χ1) is 17.0. The van der Waals surface area contributed by atoms with Crippen molar-refractivity contribution in [1.82, 2.24) is 0 Å². The number of methoxy groups -OCH3 is 5. The van der Waals surface area contributed by atoms with Crippen LogP contribution in [0, 0.1) is 0 Å². The van der Waals surface area contributed by atoms with Gasteiger partial charge in [0, 0.05) is 6.08 Å². The van der Waals surface area contributed by atoms with Crippen molar-refractivity contribution in [3.05, 3.63) is 77.4 Å². The first kappa shape index (κ1) is 25.2. The molecule has 0 unspecified atom stereocenters. The Balaban J connectivity index is 1.91. The Bertz CT molecular complexity index is 1190. The van der Waals surface area contributed by atoms with Crippen molar-refractivity contribution in [1.29, 1.82) is 0 Å². The summed E-state index contributed by atoms with van der Waals surface area (Å²) in [5, 5.41) is 2.88. The molecular weight excluding hydrogens is 446 g/mol. The minimum Gasteiger partial charge on any atom is -0.493 e. The molecule has 3 rings (SSSR count). The summed E-state index contributed by atoms with van der Waals surface area (Å²) in [4.78, 5) is 12.6. The molecule has 1 amide bonds. The Morgan fingerprint density at radius 2 is 1.14 bits per heavy atom. The normalized spacial score (nSPS) is 10.9. The number of rotatable bonds is 10. The first-order valence-electron chi connectivity index (χ1n) is 10.8. The van der Waals surface area contributed by atoms with Crippen LogP contribution in [0.3, 0.4) is 0 Å². The number of benzene rings is 3. The molecule has 182 valence electrons. The predicted molar refractivity (Wildman–Crippen MR) is 139 cm³/mol. The van der Waals surface area contributed by atoms with E-state index in [0.29, 0.717) is 34.4 Å². The van der Waals surface area contributed by atoms with Gasteiger partial charge in [0.15, 0.2) is 23.0 Å². The fourth-order valence-corrected chi connectivity index (χ4v) is 3.48. The van der Waals surface area contributed by atoms with E-state index in [0.717, 1.165) is 16.7 Å². The van der Waals surface area contributed by atoms with Crippen molar-refractivity contribution in [2.24, 2.45) is 0 Å². The van der Waals surface area contributed by atoms with Crippen LogP contribution in [0.15, 0.2) is 60.7 Å². The van der Waals surface area contributed by atoms with Crippen LogP contribution in [0.2, 0.25) is 0 Å². The van der Waals surface area contributed by atoms with Crippen LogP contribution in [-0.4, -0.2) is 41.5 Å². The Morgan fingerprint density at radius 1 is 0.629 bits per heavy atom. The van der Waals surface area contributed by atoms with E-state index in [1.165, 1.54) is 13.2 Å². The molecule has 7 heteroatoms. The first-order valence-corrected chi connectivity index (χ1v) is 10.8. The number of ether oxygens (including phenoxy) is 5. The molecule has 1 N–H and O–H groups in total. The van der Waals surface area contributed by atoms with Crippen LogP contribution in [0.4, 0.5) is 5.69 Å². The zero-order valence-electron chi connectivity index (χ0n) is 20.5. The molecule has 0 heterocycles. The topological polar surface area (TPSA) is 75.3 Å². The van der Waals surface area contributed by atoms with Gasteiger partial charge in [-0.2, -0.15) is 0 Å². The molecular formula is C28H29NO6. The van der Waals surface area contributed by atoms with E-state index in [1.807, 2.05) is 66.7 Å². The van der Waals surface area contributed by atoms with Crippen LogP contribution in [0.1, 0.15) is 16.7 Å². The molecule has 0 radical (unpaired) electrons. The largest absolute Gasteiger partial charge is 0.493 e. The quantitative estimate of drug-likeness (QED) is 0.306. The fraction of sp³-hybridized carbons (Fsp3) is 0.179. The van der Waals surface area contributed by atoms with E-state index in [1.54, 1.807) is 34.5 Å². The second-order valence-electron chi connectivity index (χ2n) is 7.33. The van der Waals surface area contributed by atoms with Gasteiger partial charge < -0.3 is 29.0 Å². The van der Waals surface area contributed by atoms with Crippen molar-refractivity contribution in [2.75, 3.05) is 40.9 Å². The zero-order valence-corrected chi connectivity index (χ0v) is 20.5. The lowest BCUT2D eigenvalue weighted by Crippen LogP contribution is -2.09. The second-order valence-corrected chi connectivity index (χ2v) is 7.33. The van der Waals surface area contributed by atoms with Gasteiger partial charge in [-0.15, -0.1) is 0 Å². The summed E-state index contributed by atoms with van der Waals surface area (Å²) < 4.78 is 27.2. The van der Waals surface area contributed by atoms with Crippen molar-refractivity contribution in [3.63, 3.8) is 0 Å². The highest BCUT2D eigenvalue weighted by molar-refractivity contribution is 6.03. The summed E-state index contributed by atoms with van der Waals surface area (Å²) in [6, 6.07) is 16.9. The number of carbonyl (C=O) groups is 1. The van der Waals surface area contributed by atoms with E-state index in [2.05, 4.69) is 5.32 Å². The van der Waals surface area contributed by atoms with Crippen LogP contribution in [-0.2, 0) is 4.79 Å². The van der Waals surface area contributed by atoms with E-state index in [-0.39, 0.29) is 5.91 Å². The SMILES string of the molecule is COc1cc(C=Cc2cc(OC)c(OC)c(OC)c2)cc(NC(=O)/C=C/c2ccccc2)c1OC. The van der Waals surface area contributed by atoms with E-state index in [9.17, 15) is 4.79 Å². The molecule has 0 fully saturated rings. The molecule has 0 saturated carbocycles. The van der Waals surface area contributed by atoms with Gasteiger partial charge in [-0.3, -0.25) is 4.79 Å². The van der Waals surface area contributed by atoms with Gasteiger partial charge in [0.2, 0.25) is 11.7 Å². The third-order valence-corrected chi connectivity index (χ3v) is 5.14. The van der Waals surface area contributed by atoms with Crippen molar-refractivity contribution < 1.29 is 28.5 Å². The van der Waals surface area contributed by atoms with Gasteiger partial charge in [-0.05, 0) is 47.0 Å². The highest BCUT2D eigenvalue weighted by Crippen LogP contribution is 2.40. The minimum atomic E-state index is -0.292. The summed E-state index contributed by atoms with van der Waals surface area (Å²) in [5.74, 6) is 2.25. The smallest absolute Gasteiger partial charge is 0.248 e. The lowest BCUT2D eigenvalue weighted by molar-refractivity contribution is -0.111. The third kappa shape index (κ3) is 6.35. The molecule has 35 heavy (non-hydrogen) atoms. The van der Waals surface area contributed by atoms with E-state index >= 15 is 0 Å². The molecule has 0 spiro atoms. The molecule has 0 aliphatic heterocycles. The molecule has 0 aliphatic rings. The van der Waals surface area contributed by atoms with Crippen molar-refractivity contribution in [2.45, 2.75) is 0 Å². The number of amides is 1. The third-order valence-electron chi connectivity index (χ3n) is 5.14. The zero-order chi connectivity index (χ0) is 25.2. The number of anilines is 1. The summed E-state index contributed by atoms with van der Waals surface area (Å²) in [6.45, 7) is 0. The lowest BCUT2D eigenvalue weighted by Gasteiger charge is -2.14. The number of hydrogen-bond donors (Lipinski definition) is 1. The molecule has 0 saturated heterocycles. The van der Waals surface area contributed by atoms with Gasteiger partial charge in [-0.25, -0.2) is 0 Å². The van der Waals surface area contributed by atoms with E-state index in [4.69, 9.17) is 23.7 Å². The summed E-state index contributed by atoms with van der Waals surface area (Å²) in [7, 11) is 7.77. The van der Waals surface area contributed by atoms with Crippen LogP contribution >= 0.6 is 0 Å². The predicted octanol–water partition coefficient (Wildman–Crippen LogP) is 5.55.